The first-order valence-corrected chi connectivity index (χ1v) is 15.5. The largest absolute Gasteiger partial charge is 0.748 e. The zero-order valence-electron chi connectivity index (χ0n) is 21.5. The van der Waals surface area contributed by atoms with Gasteiger partial charge in [-0.2, -0.15) is 0 Å². The van der Waals surface area contributed by atoms with Crippen molar-refractivity contribution in [3.8, 4) is 0 Å². The van der Waals surface area contributed by atoms with Crippen LogP contribution in [0.1, 0.15) is 26.1 Å². The number of hydrogen-bond acceptors (Lipinski definition) is 5. The molecule has 2 aromatic carbocycles. The summed E-state index contributed by atoms with van der Waals surface area (Å²) in [7, 11) is -4.35. The number of rotatable bonds is 10. The fraction of sp³-hybridized carbons (Fsp3) is 0.296. The molecule has 0 bridgehead atoms. The highest BCUT2D eigenvalue weighted by Gasteiger charge is 2.30. The van der Waals surface area contributed by atoms with Gasteiger partial charge in [-0.15, -0.1) is 0 Å². The van der Waals surface area contributed by atoms with E-state index in [1.54, 1.807) is 18.2 Å². The highest BCUT2D eigenvalue weighted by Crippen LogP contribution is 2.45. The molecular formula is C27H28Cl4N4O3S. The SMILES string of the molecule is C=CCn1c(/C=C/C=C2N(CC)c3cc(Cl)c(Cl)cc3N2CC)[n+](CCCS(=O)(=O)[O-])c2cc(Cl)c(Cl)cc21. The van der Waals surface area contributed by atoms with Crippen molar-refractivity contribution < 1.29 is 17.5 Å². The first kappa shape index (κ1) is 29.8. The first-order chi connectivity index (χ1) is 18.5. The Kier molecular flexibility index (Phi) is 9.26. The van der Waals surface area contributed by atoms with Crippen molar-refractivity contribution in [2.75, 3.05) is 28.6 Å². The van der Waals surface area contributed by atoms with Gasteiger partial charge in [0.2, 0.25) is 0 Å². The molecule has 1 aliphatic rings. The minimum atomic E-state index is -4.35. The van der Waals surface area contributed by atoms with Gasteiger partial charge in [-0.25, -0.2) is 17.6 Å². The van der Waals surface area contributed by atoms with Crippen LogP contribution in [0.25, 0.3) is 17.1 Å². The van der Waals surface area contributed by atoms with Crippen molar-refractivity contribution >= 4 is 85.0 Å². The molecule has 3 aromatic rings. The van der Waals surface area contributed by atoms with Crippen LogP contribution >= 0.6 is 46.4 Å². The van der Waals surface area contributed by atoms with Gasteiger partial charge in [0.15, 0.2) is 11.0 Å². The summed E-state index contributed by atoms with van der Waals surface area (Å²) in [5.41, 5.74) is 3.54. The number of imidazole rings is 1. The van der Waals surface area contributed by atoms with Crippen LogP contribution in [0.15, 0.2) is 54.9 Å². The second kappa shape index (κ2) is 12.1. The Morgan fingerprint density at radius 3 is 2.05 bits per heavy atom. The van der Waals surface area contributed by atoms with Crippen LogP contribution in [0.4, 0.5) is 11.4 Å². The van der Waals surface area contributed by atoms with E-state index in [-0.39, 0.29) is 6.42 Å². The van der Waals surface area contributed by atoms with E-state index in [4.69, 9.17) is 46.4 Å². The van der Waals surface area contributed by atoms with E-state index in [9.17, 15) is 13.0 Å². The van der Waals surface area contributed by atoms with Crippen LogP contribution in [-0.4, -0.2) is 36.4 Å². The Bertz CT molecular complexity index is 1560. The number of fused-ring (bicyclic) bond motifs is 2. The van der Waals surface area contributed by atoms with E-state index >= 15 is 0 Å². The van der Waals surface area contributed by atoms with Crippen molar-refractivity contribution in [1.82, 2.24) is 4.57 Å². The topological polar surface area (TPSA) is 72.5 Å². The standard InChI is InChI=1S/C27H28Cl4N4O3S/c1-4-11-34-24-16-20(30)21(31)17-25(24)35(12-8-13-39(36,37)38)27(34)10-7-9-26-32(5-2)22-14-18(28)19(29)15-23(22)33(26)6-3/h4,7,9-10,14-17H,1,5-6,8,11-13H2,2-3H3. The summed E-state index contributed by atoms with van der Waals surface area (Å²) >= 11 is 25.4. The summed E-state index contributed by atoms with van der Waals surface area (Å²) in [6, 6.07) is 7.28. The molecule has 1 aliphatic heterocycles. The molecule has 0 N–H and O–H groups in total. The molecule has 208 valence electrons. The Labute approximate surface area is 248 Å². The molecule has 4 rings (SSSR count). The number of benzene rings is 2. The first-order valence-electron chi connectivity index (χ1n) is 12.4. The molecule has 12 heteroatoms. The molecule has 0 fully saturated rings. The molecule has 0 spiro atoms. The molecule has 0 amide bonds. The van der Waals surface area contributed by atoms with E-state index < -0.39 is 15.9 Å². The van der Waals surface area contributed by atoms with Crippen LogP contribution < -0.4 is 14.4 Å². The van der Waals surface area contributed by atoms with Crippen LogP contribution in [0.2, 0.25) is 20.1 Å². The fourth-order valence-corrected chi connectivity index (χ4v) is 6.02. The third-order valence-corrected chi connectivity index (χ3v) is 8.75. The van der Waals surface area contributed by atoms with Crippen molar-refractivity contribution in [1.29, 1.82) is 0 Å². The van der Waals surface area contributed by atoms with Crippen LogP contribution in [-0.2, 0) is 23.2 Å². The van der Waals surface area contributed by atoms with Gasteiger partial charge in [0, 0.05) is 37.1 Å². The van der Waals surface area contributed by atoms with Gasteiger partial charge in [-0.05, 0) is 38.5 Å². The Morgan fingerprint density at radius 1 is 0.949 bits per heavy atom. The van der Waals surface area contributed by atoms with Gasteiger partial charge < -0.3 is 14.4 Å². The van der Waals surface area contributed by atoms with E-state index in [1.807, 2.05) is 39.5 Å². The van der Waals surface area contributed by atoms with Crippen LogP contribution in [0, 0.1) is 0 Å². The van der Waals surface area contributed by atoms with Crippen LogP contribution in [0.5, 0.6) is 0 Å². The maximum atomic E-state index is 11.3. The van der Waals surface area contributed by atoms with E-state index in [1.165, 1.54) is 0 Å². The van der Waals surface area contributed by atoms with Crippen molar-refractivity contribution in [2.45, 2.75) is 33.4 Å². The van der Waals surface area contributed by atoms with Gasteiger partial charge in [0.05, 0.1) is 48.1 Å². The number of hydrogen-bond donors (Lipinski definition) is 0. The summed E-state index contributed by atoms with van der Waals surface area (Å²) in [5.74, 6) is 1.27. The van der Waals surface area contributed by atoms with Gasteiger partial charge in [0.1, 0.15) is 12.4 Å². The van der Waals surface area contributed by atoms with Crippen molar-refractivity contribution in [2.24, 2.45) is 0 Å². The molecule has 0 atom stereocenters. The number of allylic oxidation sites excluding steroid dienone is 3. The molecule has 7 nitrogen and oxygen atoms in total. The molecule has 0 saturated carbocycles. The van der Waals surface area contributed by atoms with Gasteiger partial charge in [0.25, 0.3) is 5.82 Å². The van der Waals surface area contributed by atoms with Crippen LogP contribution in [0.3, 0.4) is 0 Å². The summed E-state index contributed by atoms with van der Waals surface area (Å²) in [5, 5.41) is 1.77. The molecule has 39 heavy (non-hydrogen) atoms. The zero-order valence-corrected chi connectivity index (χ0v) is 25.3. The third kappa shape index (κ3) is 6.11. The number of nitrogens with zero attached hydrogens (tertiary/aromatic N) is 4. The normalized spacial score (nSPS) is 13.7. The fourth-order valence-electron chi connectivity index (χ4n) is 4.90. The van der Waals surface area contributed by atoms with E-state index in [0.29, 0.717) is 33.2 Å². The van der Waals surface area contributed by atoms with Gasteiger partial charge >= 0.3 is 0 Å². The Balaban J connectivity index is 1.82. The molecular weight excluding hydrogens is 602 g/mol. The summed E-state index contributed by atoms with van der Waals surface area (Å²) in [6.45, 7) is 10.2. The average Bonchev–Trinajstić information content (AvgIpc) is 3.30. The lowest BCUT2D eigenvalue weighted by atomic mass is 10.2. The highest BCUT2D eigenvalue weighted by molar-refractivity contribution is 7.85. The second-order valence-corrected chi connectivity index (χ2v) is 12.1. The number of anilines is 2. The smallest absolute Gasteiger partial charge is 0.282 e. The number of aryl methyl sites for hydroxylation is 1. The summed E-state index contributed by atoms with van der Waals surface area (Å²) < 4.78 is 37.8. The molecule has 2 heterocycles. The lowest BCUT2D eigenvalue weighted by Crippen LogP contribution is -2.37. The predicted molar refractivity (Wildman–Crippen MR) is 161 cm³/mol. The zero-order chi connectivity index (χ0) is 28.5. The number of aromatic nitrogens is 2. The van der Waals surface area contributed by atoms with E-state index in [2.05, 4.69) is 30.2 Å². The highest BCUT2D eigenvalue weighted by atomic mass is 35.5. The minimum absolute atomic E-state index is 0.149. The average molecular weight is 630 g/mol. The lowest BCUT2D eigenvalue weighted by molar-refractivity contribution is -0.673. The molecule has 0 radical (unpaired) electrons. The third-order valence-electron chi connectivity index (χ3n) is 6.52. The maximum Gasteiger partial charge on any atom is 0.282 e. The quantitative estimate of drug-likeness (QED) is 0.139. The van der Waals surface area contributed by atoms with Crippen molar-refractivity contribution in [3.63, 3.8) is 0 Å². The monoisotopic (exact) mass is 628 g/mol. The van der Waals surface area contributed by atoms with Crippen molar-refractivity contribution in [3.05, 3.63) is 80.8 Å². The maximum absolute atomic E-state index is 11.3. The lowest BCUT2D eigenvalue weighted by Gasteiger charge is -2.23. The second-order valence-electron chi connectivity index (χ2n) is 8.91. The summed E-state index contributed by atoms with van der Waals surface area (Å²) in [4.78, 5) is 4.33. The summed E-state index contributed by atoms with van der Waals surface area (Å²) in [6.07, 6.45) is 7.80. The molecule has 0 unspecified atom stereocenters. The molecule has 1 aromatic heterocycles. The van der Waals surface area contributed by atoms with Gasteiger partial charge in [-0.3, -0.25) is 0 Å². The Morgan fingerprint density at radius 2 is 1.51 bits per heavy atom. The number of halogens is 4. The van der Waals surface area contributed by atoms with E-state index in [0.717, 1.165) is 47.1 Å². The predicted octanol–water partition coefficient (Wildman–Crippen LogP) is 6.88. The Hall–Kier alpha value is -2.20. The minimum Gasteiger partial charge on any atom is -0.748 e. The molecule has 0 saturated heterocycles. The molecule has 0 aliphatic carbocycles. The van der Waals surface area contributed by atoms with Gasteiger partial charge in [-0.1, -0.05) is 65.1 Å².